The molecule has 0 aliphatic carbocycles. The zero-order valence-electron chi connectivity index (χ0n) is 18.0. The van der Waals surface area contributed by atoms with E-state index in [1.54, 1.807) is 30.0 Å². The molecule has 1 unspecified atom stereocenters. The van der Waals surface area contributed by atoms with Gasteiger partial charge in [-0.3, -0.25) is 14.4 Å². The molecule has 3 aromatic rings. The van der Waals surface area contributed by atoms with Crippen LogP contribution in [0.1, 0.15) is 28.7 Å². The number of carbonyl (C=O) groups is 2. The Hall–Kier alpha value is -2.79. The van der Waals surface area contributed by atoms with E-state index in [4.69, 9.17) is 16.3 Å². The molecule has 4 rings (SSSR count). The third-order valence-corrected chi connectivity index (χ3v) is 6.51. The number of nitrogens with one attached hydrogen (secondary N) is 3. The Balaban J connectivity index is 1.38. The van der Waals surface area contributed by atoms with Gasteiger partial charge in [-0.1, -0.05) is 23.7 Å². The molecule has 1 aliphatic rings. The van der Waals surface area contributed by atoms with Gasteiger partial charge in [-0.15, -0.1) is 11.3 Å². The van der Waals surface area contributed by atoms with Crippen molar-refractivity contribution in [3.63, 3.8) is 0 Å². The first-order chi connectivity index (χ1) is 15.9. The minimum Gasteiger partial charge on any atom is -0.375 e. The monoisotopic (exact) mass is 489 g/mol. The van der Waals surface area contributed by atoms with Crippen LogP contribution in [0.15, 0.2) is 34.4 Å². The van der Waals surface area contributed by atoms with Gasteiger partial charge in [0.2, 0.25) is 11.7 Å². The molecule has 3 N–H and O–H groups in total. The molecule has 11 heteroatoms. The van der Waals surface area contributed by atoms with Crippen molar-refractivity contribution in [2.75, 3.05) is 26.2 Å². The fourth-order valence-corrected chi connectivity index (χ4v) is 4.81. The van der Waals surface area contributed by atoms with Crippen LogP contribution in [-0.4, -0.2) is 59.0 Å². The first-order valence-corrected chi connectivity index (χ1v) is 11.8. The number of H-pyrrole nitrogens is 1. The van der Waals surface area contributed by atoms with Crippen molar-refractivity contribution < 1.29 is 14.3 Å². The Morgan fingerprint density at radius 1 is 1.39 bits per heavy atom. The molecule has 33 heavy (non-hydrogen) atoms. The lowest BCUT2D eigenvalue weighted by atomic mass is 10.2. The van der Waals surface area contributed by atoms with Gasteiger partial charge in [0.25, 0.3) is 11.5 Å². The molecule has 0 bridgehead atoms. The summed E-state index contributed by atoms with van der Waals surface area (Å²) in [5.41, 5.74) is 1.17. The molecule has 0 saturated carbocycles. The number of carbonyl (C=O) groups excluding carboxylic acids is 2. The highest BCUT2D eigenvalue weighted by Crippen LogP contribution is 2.22. The van der Waals surface area contributed by atoms with E-state index in [-0.39, 0.29) is 36.5 Å². The molecular weight excluding hydrogens is 466 g/mol. The number of rotatable bonds is 7. The van der Waals surface area contributed by atoms with Crippen LogP contribution in [0.25, 0.3) is 10.2 Å². The van der Waals surface area contributed by atoms with Gasteiger partial charge in [0.15, 0.2) is 0 Å². The van der Waals surface area contributed by atoms with Crippen LogP contribution < -0.4 is 16.2 Å². The minimum atomic E-state index is -0.474. The molecule has 174 valence electrons. The highest BCUT2D eigenvalue weighted by molar-refractivity contribution is 7.16. The number of amides is 2. The fraction of sp³-hybridized carbons (Fsp3) is 0.364. The van der Waals surface area contributed by atoms with Crippen molar-refractivity contribution in [2.45, 2.75) is 26.1 Å². The van der Waals surface area contributed by atoms with E-state index < -0.39 is 5.91 Å². The number of aromatic amines is 1. The highest BCUT2D eigenvalue weighted by Gasteiger charge is 2.21. The Morgan fingerprint density at radius 2 is 2.24 bits per heavy atom. The molecular formula is C22H24ClN5O4S. The fourth-order valence-electron chi connectivity index (χ4n) is 3.67. The van der Waals surface area contributed by atoms with E-state index in [0.29, 0.717) is 40.5 Å². The predicted octanol–water partition coefficient (Wildman–Crippen LogP) is 1.90. The van der Waals surface area contributed by atoms with Crippen LogP contribution in [0.5, 0.6) is 0 Å². The van der Waals surface area contributed by atoms with Gasteiger partial charge in [-0.2, -0.15) is 0 Å². The summed E-state index contributed by atoms with van der Waals surface area (Å²) in [5, 5.41) is 8.89. The maximum absolute atomic E-state index is 12.7. The summed E-state index contributed by atoms with van der Waals surface area (Å²) in [7, 11) is 0. The van der Waals surface area contributed by atoms with Crippen LogP contribution in [0.3, 0.4) is 0 Å². The highest BCUT2D eigenvalue weighted by atomic mass is 35.5. The van der Waals surface area contributed by atoms with Crippen LogP contribution in [-0.2, 0) is 22.7 Å². The second-order valence-corrected chi connectivity index (χ2v) is 9.09. The summed E-state index contributed by atoms with van der Waals surface area (Å²) >= 11 is 7.25. The van der Waals surface area contributed by atoms with Gasteiger partial charge in [-0.05, 0) is 23.1 Å². The average molecular weight is 490 g/mol. The van der Waals surface area contributed by atoms with Gasteiger partial charge in [0.05, 0.1) is 18.6 Å². The van der Waals surface area contributed by atoms with E-state index in [2.05, 4.69) is 20.6 Å². The molecule has 0 radical (unpaired) electrons. The van der Waals surface area contributed by atoms with E-state index in [0.717, 1.165) is 12.1 Å². The summed E-state index contributed by atoms with van der Waals surface area (Å²) in [4.78, 5) is 45.9. The van der Waals surface area contributed by atoms with E-state index in [1.165, 1.54) is 11.3 Å². The molecule has 2 aromatic heterocycles. The average Bonchev–Trinajstić information content (AvgIpc) is 3.21. The molecule has 2 amide bonds. The Bertz CT molecular complexity index is 1230. The maximum atomic E-state index is 12.7. The second kappa shape index (κ2) is 10.4. The van der Waals surface area contributed by atoms with E-state index in [9.17, 15) is 14.4 Å². The quantitative estimate of drug-likeness (QED) is 0.467. The van der Waals surface area contributed by atoms with Gasteiger partial charge in [0, 0.05) is 49.7 Å². The predicted molar refractivity (Wildman–Crippen MR) is 127 cm³/mol. The smallest absolute Gasteiger partial charge is 0.287 e. The van der Waals surface area contributed by atoms with E-state index in [1.807, 2.05) is 11.4 Å². The molecule has 1 aromatic carbocycles. The van der Waals surface area contributed by atoms with Crippen LogP contribution in [0.2, 0.25) is 5.02 Å². The summed E-state index contributed by atoms with van der Waals surface area (Å²) < 4.78 is 5.82. The standard InChI is InChI=1S/C22H24ClN5O4S/c1-13(29)28-6-5-24-17(9-28)11-32-10-15-12-33-22-18(15)20(30)26-19(27-22)21(31)25-8-14-3-2-4-16(23)7-14/h2-4,7,12,17,24H,5-6,8-11H2,1H3,(H,25,31)(H,26,27,30). The number of hydrogen-bond acceptors (Lipinski definition) is 7. The zero-order valence-corrected chi connectivity index (χ0v) is 19.6. The van der Waals surface area contributed by atoms with Crippen LogP contribution >= 0.6 is 22.9 Å². The third kappa shape index (κ3) is 5.77. The lowest BCUT2D eigenvalue weighted by molar-refractivity contribution is -0.130. The number of nitrogens with zero attached hydrogens (tertiary/aromatic N) is 2. The number of ether oxygens (including phenoxy) is 1. The topological polar surface area (TPSA) is 116 Å². The summed E-state index contributed by atoms with van der Waals surface area (Å²) in [6.07, 6.45) is 0. The van der Waals surface area contributed by atoms with Gasteiger partial charge >= 0.3 is 0 Å². The molecule has 1 atom stereocenters. The number of benzene rings is 1. The van der Waals surface area contributed by atoms with Gasteiger partial charge in [-0.25, -0.2) is 4.98 Å². The van der Waals surface area contributed by atoms with Crippen molar-refractivity contribution >= 4 is 45.0 Å². The third-order valence-electron chi connectivity index (χ3n) is 5.35. The normalized spacial score (nSPS) is 16.2. The first-order valence-electron chi connectivity index (χ1n) is 10.5. The SMILES string of the molecule is CC(=O)N1CCNC(COCc2csc3nc(C(=O)NCc4cccc(Cl)c4)[nH]c(=O)c23)C1. The second-order valence-electron chi connectivity index (χ2n) is 7.80. The lowest BCUT2D eigenvalue weighted by Gasteiger charge is -2.32. The molecule has 9 nitrogen and oxygen atoms in total. The molecule has 1 fully saturated rings. The Kier molecular flexibility index (Phi) is 7.39. The minimum absolute atomic E-state index is 0.0405. The maximum Gasteiger partial charge on any atom is 0.287 e. The van der Waals surface area contributed by atoms with Crippen molar-refractivity contribution in [1.82, 2.24) is 25.5 Å². The number of fused-ring (bicyclic) bond motifs is 1. The Morgan fingerprint density at radius 3 is 3.03 bits per heavy atom. The zero-order chi connectivity index (χ0) is 23.4. The van der Waals surface area contributed by atoms with Crippen molar-refractivity contribution in [3.05, 3.63) is 62.0 Å². The van der Waals surface area contributed by atoms with E-state index >= 15 is 0 Å². The Labute approximate surface area is 199 Å². The number of hydrogen-bond donors (Lipinski definition) is 3. The van der Waals surface area contributed by atoms with Gasteiger partial charge in [0.1, 0.15) is 4.83 Å². The number of piperazine rings is 1. The summed E-state index contributed by atoms with van der Waals surface area (Å²) in [6, 6.07) is 7.20. The lowest BCUT2D eigenvalue weighted by Crippen LogP contribution is -2.53. The number of halogens is 1. The van der Waals surface area contributed by atoms with Crippen molar-refractivity contribution in [3.8, 4) is 0 Å². The molecule has 0 spiro atoms. The molecule has 1 saturated heterocycles. The largest absolute Gasteiger partial charge is 0.375 e. The number of thiophene rings is 1. The summed E-state index contributed by atoms with van der Waals surface area (Å²) in [5.74, 6) is -0.464. The van der Waals surface area contributed by atoms with Gasteiger partial charge < -0.3 is 25.3 Å². The summed E-state index contributed by atoms with van der Waals surface area (Å²) in [6.45, 7) is 4.49. The number of aromatic nitrogens is 2. The molecule has 3 heterocycles. The van der Waals surface area contributed by atoms with Crippen molar-refractivity contribution in [1.29, 1.82) is 0 Å². The van der Waals surface area contributed by atoms with Crippen LogP contribution in [0, 0.1) is 0 Å². The molecule has 1 aliphatic heterocycles. The van der Waals surface area contributed by atoms with Crippen LogP contribution in [0.4, 0.5) is 0 Å². The van der Waals surface area contributed by atoms with Crippen molar-refractivity contribution in [2.24, 2.45) is 0 Å². The first kappa shape index (κ1) is 23.4.